The van der Waals surface area contributed by atoms with Gasteiger partial charge in [0, 0.05) is 11.9 Å². The van der Waals surface area contributed by atoms with Crippen LogP contribution in [0.4, 0.5) is 5.69 Å². The van der Waals surface area contributed by atoms with Gasteiger partial charge in [-0.3, -0.25) is 9.59 Å². The number of H-pyrrole nitrogens is 1. The number of benzene rings is 1. The standard InChI is InChI=1S/C12H12N4O4S/c1-7-8(3-2-4-10(7)21(13,19)20)16-12(18)9-5-15-11(17)6-14-9/h2-6H,1H3,(H,15,17)(H,16,18)(H2,13,19,20). The van der Waals surface area contributed by atoms with Crippen LogP contribution < -0.4 is 16.0 Å². The molecule has 110 valence electrons. The fraction of sp³-hybridized carbons (Fsp3) is 0.0833. The Balaban J connectivity index is 2.34. The van der Waals surface area contributed by atoms with Gasteiger partial charge in [0.25, 0.3) is 11.5 Å². The Morgan fingerprint density at radius 3 is 2.67 bits per heavy atom. The highest BCUT2D eigenvalue weighted by atomic mass is 32.2. The fourth-order valence-corrected chi connectivity index (χ4v) is 2.52. The molecule has 0 bridgehead atoms. The zero-order valence-corrected chi connectivity index (χ0v) is 11.8. The summed E-state index contributed by atoms with van der Waals surface area (Å²) in [6, 6.07) is 4.34. The third-order valence-corrected chi connectivity index (χ3v) is 3.80. The van der Waals surface area contributed by atoms with E-state index in [0.717, 1.165) is 12.4 Å². The molecule has 1 amide bonds. The Hall–Kier alpha value is -2.52. The number of sulfonamides is 1. The van der Waals surface area contributed by atoms with E-state index in [-0.39, 0.29) is 10.6 Å². The van der Waals surface area contributed by atoms with Crippen molar-refractivity contribution in [1.82, 2.24) is 9.97 Å². The van der Waals surface area contributed by atoms with Crippen molar-refractivity contribution in [2.24, 2.45) is 5.14 Å². The first-order valence-corrected chi connectivity index (χ1v) is 7.32. The zero-order valence-electron chi connectivity index (χ0n) is 11.0. The summed E-state index contributed by atoms with van der Waals surface area (Å²) in [5, 5.41) is 7.61. The van der Waals surface area contributed by atoms with Gasteiger partial charge in [-0.2, -0.15) is 0 Å². The van der Waals surface area contributed by atoms with Crippen molar-refractivity contribution in [3.8, 4) is 0 Å². The Morgan fingerprint density at radius 2 is 2.10 bits per heavy atom. The summed E-state index contributed by atoms with van der Waals surface area (Å²) < 4.78 is 22.8. The Bertz CT molecular complexity index is 837. The van der Waals surface area contributed by atoms with Crippen LogP contribution in [-0.2, 0) is 10.0 Å². The van der Waals surface area contributed by atoms with Gasteiger partial charge in [-0.05, 0) is 24.6 Å². The molecule has 4 N–H and O–H groups in total. The Labute approximate surface area is 120 Å². The quantitative estimate of drug-likeness (QED) is 0.732. The molecule has 0 saturated heterocycles. The van der Waals surface area contributed by atoms with Crippen LogP contribution >= 0.6 is 0 Å². The molecule has 1 aromatic carbocycles. The van der Waals surface area contributed by atoms with Gasteiger partial charge in [0.2, 0.25) is 10.0 Å². The van der Waals surface area contributed by atoms with Crippen LogP contribution in [0.25, 0.3) is 0 Å². The number of aromatic nitrogens is 2. The SMILES string of the molecule is Cc1c(NC(=O)c2c[nH]c(=O)cn2)cccc1S(N)(=O)=O. The van der Waals surface area contributed by atoms with Crippen molar-refractivity contribution >= 4 is 21.6 Å². The number of nitrogens with zero attached hydrogens (tertiary/aromatic N) is 1. The molecule has 2 rings (SSSR count). The van der Waals surface area contributed by atoms with Crippen molar-refractivity contribution in [3.05, 3.63) is 52.2 Å². The van der Waals surface area contributed by atoms with Gasteiger partial charge < -0.3 is 10.3 Å². The summed E-state index contributed by atoms with van der Waals surface area (Å²) in [4.78, 5) is 28.8. The normalized spacial score (nSPS) is 11.1. The predicted octanol–water partition coefficient (Wildman–Crippen LogP) is -0.0220. The molecule has 0 fully saturated rings. The zero-order chi connectivity index (χ0) is 15.6. The highest BCUT2D eigenvalue weighted by Crippen LogP contribution is 2.22. The van der Waals surface area contributed by atoms with E-state index >= 15 is 0 Å². The molecule has 0 unspecified atom stereocenters. The number of rotatable bonds is 3. The molecule has 8 nitrogen and oxygen atoms in total. The third-order valence-electron chi connectivity index (χ3n) is 2.74. The van der Waals surface area contributed by atoms with Gasteiger partial charge in [0.15, 0.2) is 0 Å². The molecular weight excluding hydrogens is 296 g/mol. The molecule has 0 aliphatic rings. The smallest absolute Gasteiger partial charge is 0.275 e. The summed E-state index contributed by atoms with van der Waals surface area (Å²) in [7, 11) is -3.88. The number of carbonyl (C=O) groups is 1. The maximum Gasteiger partial charge on any atom is 0.275 e. The molecule has 0 radical (unpaired) electrons. The minimum absolute atomic E-state index is 0.00462. The largest absolute Gasteiger partial charge is 0.325 e. The number of hydrogen-bond acceptors (Lipinski definition) is 5. The third kappa shape index (κ3) is 3.33. The van der Waals surface area contributed by atoms with Gasteiger partial charge in [0.05, 0.1) is 11.1 Å². The second-order valence-electron chi connectivity index (χ2n) is 4.22. The minimum Gasteiger partial charge on any atom is -0.325 e. The molecule has 21 heavy (non-hydrogen) atoms. The van der Waals surface area contributed by atoms with Crippen molar-refractivity contribution in [3.63, 3.8) is 0 Å². The molecule has 0 aliphatic heterocycles. The maximum atomic E-state index is 12.0. The van der Waals surface area contributed by atoms with E-state index in [1.807, 2.05) is 0 Å². The lowest BCUT2D eigenvalue weighted by Crippen LogP contribution is -2.19. The van der Waals surface area contributed by atoms with E-state index in [1.165, 1.54) is 25.1 Å². The number of aromatic amines is 1. The fourth-order valence-electron chi connectivity index (χ4n) is 1.71. The molecule has 0 saturated carbocycles. The molecule has 1 heterocycles. The summed E-state index contributed by atoms with van der Waals surface area (Å²) in [5.41, 5.74) is 0.172. The second-order valence-corrected chi connectivity index (χ2v) is 5.75. The van der Waals surface area contributed by atoms with E-state index in [1.54, 1.807) is 0 Å². The number of anilines is 1. The van der Waals surface area contributed by atoms with Gasteiger partial charge in [-0.15, -0.1) is 0 Å². The minimum atomic E-state index is -3.88. The molecule has 1 aromatic heterocycles. The summed E-state index contributed by atoms with van der Waals surface area (Å²) in [6.45, 7) is 1.52. The Kier molecular flexibility index (Phi) is 3.87. The topological polar surface area (TPSA) is 135 Å². The second kappa shape index (κ2) is 5.46. The summed E-state index contributed by atoms with van der Waals surface area (Å²) >= 11 is 0. The average Bonchev–Trinajstić information content (AvgIpc) is 2.40. The monoisotopic (exact) mass is 308 g/mol. The van der Waals surface area contributed by atoms with Crippen LogP contribution in [0.5, 0.6) is 0 Å². The molecular formula is C12H12N4O4S. The van der Waals surface area contributed by atoms with Crippen LogP contribution in [0.2, 0.25) is 0 Å². The highest BCUT2D eigenvalue weighted by Gasteiger charge is 2.16. The van der Waals surface area contributed by atoms with Crippen LogP contribution in [0.1, 0.15) is 16.1 Å². The van der Waals surface area contributed by atoms with Crippen molar-refractivity contribution in [2.75, 3.05) is 5.32 Å². The summed E-state index contributed by atoms with van der Waals surface area (Å²) in [5.74, 6) is -0.582. The number of nitrogens with one attached hydrogen (secondary N) is 2. The molecule has 9 heteroatoms. The van der Waals surface area contributed by atoms with Gasteiger partial charge >= 0.3 is 0 Å². The average molecular weight is 308 g/mol. The van der Waals surface area contributed by atoms with E-state index < -0.39 is 21.5 Å². The number of primary sulfonamides is 1. The first kappa shape index (κ1) is 14.9. The van der Waals surface area contributed by atoms with Crippen LogP contribution in [0.15, 0.2) is 40.3 Å². The summed E-state index contributed by atoms with van der Waals surface area (Å²) in [6.07, 6.45) is 2.14. The van der Waals surface area contributed by atoms with E-state index in [2.05, 4.69) is 15.3 Å². The number of carbonyl (C=O) groups excluding carboxylic acids is 1. The van der Waals surface area contributed by atoms with E-state index in [0.29, 0.717) is 11.3 Å². The lowest BCUT2D eigenvalue weighted by atomic mass is 10.2. The van der Waals surface area contributed by atoms with Crippen molar-refractivity contribution in [2.45, 2.75) is 11.8 Å². The van der Waals surface area contributed by atoms with Crippen molar-refractivity contribution in [1.29, 1.82) is 0 Å². The van der Waals surface area contributed by atoms with E-state index in [4.69, 9.17) is 5.14 Å². The first-order chi connectivity index (χ1) is 9.79. The lowest BCUT2D eigenvalue weighted by Gasteiger charge is -2.10. The molecule has 0 atom stereocenters. The van der Waals surface area contributed by atoms with Gasteiger partial charge in [-0.25, -0.2) is 18.5 Å². The Morgan fingerprint density at radius 1 is 1.38 bits per heavy atom. The molecule has 2 aromatic rings. The molecule has 0 aliphatic carbocycles. The van der Waals surface area contributed by atoms with Crippen LogP contribution in [0.3, 0.4) is 0 Å². The van der Waals surface area contributed by atoms with Crippen molar-refractivity contribution < 1.29 is 13.2 Å². The van der Waals surface area contributed by atoms with Crippen LogP contribution in [0, 0.1) is 6.92 Å². The lowest BCUT2D eigenvalue weighted by molar-refractivity contribution is 0.102. The molecule has 0 spiro atoms. The van der Waals surface area contributed by atoms with Gasteiger partial charge in [0.1, 0.15) is 5.69 Å². The number of hydrogen-bond donors (Lipinski definition) is 3. The van der Waals surface area contributed by atoms with E-state index in [9.17, 15) is 18.0 Å². The van der Waals surface area contributed by atoms with Gasteiger partial charge in [-0.1, -0.05) is 6.07 Å². The predicted molar refractivity (Wildman–Crippen MR) is 75.4 cm³/mol. The van der Waals surface area contributed by atoms with Crippen LogP contribution in [-0.4, -0.2) is 24.3 Å². The number of amides is 1. The first-order valence-electron chi connectivity index (χ1n) is 5.77. The highest BCUT2D eigenvalue weighted by molar-refractivity contribution is 7.89. The maximum absolute atomic E-state index is 12.0. The number of nitrogens with two attached hydrogens (primary N) is 1.